The van der Waals surface area contributed by atoms with E-state index in [0.717, 1.165) is 26.0 Å². The molecule has 0 bridgehead atoms. The minimum absolute atomic E-state index is 0.613. The zero-order valence-corrected chi connectivity index (χ0v) is 11.8. The van der Waals surface area contributed by atoms with Gasteiger partial charge < -0.3 is 0 Å². The van der Waals surface area contributed by atoms with E-state index < -0.39 is 0 Å². The van der Waals surface area contributed by atoms with Crippen LogP contribution in [0.25, 0.3) is 21.5 Å². The summed E-state index contributed by atoms with van der Waals surface area (Å²) < 4.78 is 1.03. The molecule has 3 aromatic rings. The first-order chi connectivity index (χ1) is 8.20. The molecule has 0 aliphatic heterocycles. The van der Waals surface area contributed by atoms with Crippen LogP contribution in [-0.2, 0) is 0 Å². The van der Waals surface area contributed by atoms with Crippen molar-refractivity contribution in [3.05, 3.63) is 57.0 Å². The molecule has 0 amide bonds. The molecule has 3 heteroatoms. The lowest BCUT2D eigenvalue weighted by Crippen LogP contribution is -1.83. The molecule has 0 heterocycles. The van der Waals surface area contributed by atoms with E-state index in [2.05, 4.69) is 22.0 Å². The van der Waals surface area contributed by atoms with Gasteiger partial charge in [0, 0.05) is 20.6 Å². The Hall–Kier alpha value is -0.760. The maximum absolute atomic E-state index is 6.32. The Labute approximate surface area is 117 Å². The third kappa shape index (κ3) is 1.65. The Morgan fingerprint density at radius 2 is 1.29 bits per heavy atom. The zero-order chi connectivity index (χ0) is 12.0. The Morgan fingerprint density at radius 1 is 0.706 bits per heavy atom. The van der Waals surface area contributed by atoms with E-state index in [9.17, 15) is 0 Å². The first-order valence-corrected chi connectivity index (χ1v) is 6.69. The van der Waals surface area contributed by atoms with Gasteiger partial charge in [0.05, 0.1) is 10.0 Å². The number of hydrogen-bond acceptors (Lipinski definition) is 0. The van der Waals surface area contributed by atoms with Gasteiger partial charge in [0.15, 0.2) is 0 Å². The highest BCUT2D eigenvalue weighted by Gasteiger charge is 2.12. The molecule has 0 saturated carbocycles. The number of rotatable bonds is 0. The van der Waals surface area contributed by atoms with Gasteiger partial charge in [-0.05, 0) is 11.5 Å². The molecular weight excluding hydrogens is 319 g/mol. The summed E-state index contributed by atoms with van der Waals surface area (Å²) in [6, 6.07) is 14.0. The van der Waals surface area contributed by atoms with Crippen LogP contribution in [0.2, 0.25) is 10.0 Å². The second kappa shape index (κ2) is 4.16. The largest absolute Gasteiger partial charge is 0.0820 e. The first kappa shape index (κ1) is 11.3. The zero-order valence-electron chi connectivity index (χ0n) is 8.68. The van der Waals surface area contributed by atoms with E-state index in [1.807, 2.05) is 36.4 Å². The molecule has 0 atom stereocenters. The summed E-state index contributed by atoms with van der Waals surface area (Å²) in [5.41, 5.74) is 0. The van der Waals surface area contributed by atoms with Crippen molar-refractivity contribution in [1.82, 2.24) is 0 Å². The van der Waals surface area contributed by atoms with Crippen molar-refractivity contribution in [3.63, 3.8) is 0 Å². The molecule has 0 radical (unpaired) electrons. The second-order valence-corrected chi connectivity index (χ2v) is 5.45. The van der Waals surface area contributed by atoms with Crippen LogP contribution >= 0.6 is 39.1 Å². The molecule has 0 N–H and O–H groups in total. The van der Waals surface area contributed by atoms with Crippen molar-refractivity contribution in [2.75, 3.05) is 0 Å². The van der Waals surface area contributed by atoms with Crippen LogP contribution < -0.4 is 0 Å². The molecule has 0 aromatic heterocycles. The molecule has 0 spiro atoms. The number of halogens is 3. The van der Waals surface area contributed by atoms with Gasteiger partial charge in [-0.1, -0.05) is 75.5 Å². The molecule has 0 unspecified atom stereocenters. The van der Waals surface area contributed by atoms with E-state index in [4.69, 9.17) is 23.2 Å². The van der Waals surface area contributed by atoms with Crippen molar-refractivity contribution in [2.45, 2.75) is 0 Å². The topological polar surface area (TPSA) is 0 Å². The van der Waals surface area contributed by atoms with Gasteiger partial charge in [-0.3, -0.25) is 0 Å². The van der Waals surface area contributed by atoms with E-state index in [-0.39, 0.29) is 0 Å². The van der Waals surface area contributed by atoms with E-state index in [1.54, 1.807) is 0 Å². The predicted octanol–water partition coefficient (Wildman–Crippen LogP) is 6.06. The lowest BCUT2D eigenvalue weighted by Gasteiger charge is -2.10. The van der Waals surface area contributed by atoms with Gasteiger partial charge in [0.25, 0.3) is 0 Å². The van der Waals surface area contributed by atoms with Gasteiger partial charge in [0.1, 0.15) is 0 Å². The lowest BCUT2D eigenvalue weighted by atomic mass is 10.0. The summed E-state index contributed by atoms with van der Waals surface area (Å²) in [5.74, 6) is 0. The van der Waals surface area contributed by atoms with E-state index in [0.29, 0.717) is 10.0 Å². The summed E-state index contributed by atoms with van der Waals surface area (Å²) in [6.45, 7) is 0. The standard InChI is InChI=1S/C14H7BrCl2/c15-11-7-3-6-10-12(11)8-4-1-2-5-9(8)13(16)14(10)17/h1-7H. The average Bonchev–Trinajstić information content (AvgIpc) is 2.36. The number of benzene rings is 3. The average molecular weight is 326 g/mol. The Kier molecular flexibility index (Phi) is 2.78. The maximum atomic E-state index is 6.32. The van der Waals surface area contributed by atoms with Gasteiger partial charge >= 0.3 is 0 Å². The molecule has 3 rings (SSSR count). The van der Waals surface area contributed by atoms with Crippen LogP contribution in [-0.4, -0.2) is 0 Å². The SMILES string of the molecule is Clc1c(Cl)c2cccc(Br)c2c2ccccc12. The molecule has 0 fully saturated rings. The monoisotopic (exact) mass is 324 g/mol. The fourth-order valence-electron chi connectivity index (χ4n) is 2.11. The van der Waals surface area contributed by atoms with Crippen LogP contribution in [0, 0.1) is 0 Å². The molecular formula is C14H7BrCl2. The highest BCUT2D eigenvalue weighted by molar-refractivity contribution is 9.10. The van der Waals surface area contributed by atoms with Crippen LogP contribution in [0.5, 0.6) is 0 Å². The van der Waals surface area contributed by atoms with Gasteiger partial charge in [-0.25, -0.2) is 0 Å². The van der Waals surface area contributed by atoms with Crippen molar-refractivity contribution >= 4 is 60.7 Å². The summed E-state index contributed by atoms with van der Waals surface area (Å²) in [5, 5.41) is 5.42. The van der Waals surface area contributed by atoms with Crippen molar-refractivity contribution in [3.8, 4) is 0 Å². The fraction of sp³-hybridized carbons (Fsp3) is 0. The Morgan fingerprint density at radius 3 is 2.06 bits per heavy atom. The summed E-state index contributed by atoms with van der Waals surface area (Å²) >= 11 is 16.2. The third-order valence-corrected chi connectivity index (χ3v) is 4.42. The summed E-state index contributed by atoms with van der Waals surface area (Å²) in [7, 11) is 0. The van der Waals surface area contributed by atoms with Crippen molar-refractivity contribution < 1.29 is 0 Å². The highest BCUT2D eigenvalue weighted by atomic mass is 79.9. The molecule has 0 saturated heterocycles. The van der Waals surface area contributed by atoms with Crippen LogP contribution in [0.1, 0.15) is 0 Å². The number of hydrogen-bond donors (Lipinski definition) is 0. The fourth-order valence-corrected chi connectivity index (χ4v) is 3.22. The van der Waals surface area contributed by atoms with Crippen LogP contribution in [0.3, 0.4) is 0 Å². The van der Waals surface area contributed by atoms with E-state index in [1.165, 1.54) is 0 Å². The summed E-state index contributed by atoms with van der Waals surface area (Å²) in [4.78, 5) is 0. The molecule has 3 aromatic carbocycles. The van der Waals surface area contributed by atoms with Crippen LogP contribution in [0.4, 0.5) is 0 Å². The summed E-state index contributed by atoms with van der Waals surface area (Å²) in [6.07, 6.45) is 0. The van der Waals surface area contributed by atoms with Crippen molar-refractivity contribution in [2.24, 2.45) is 0 Å². The number of fused-ring (bicyclic) bond motifs is 3. The quantitative estimate of drug-likeness (QED) is 0.440. The normalized spacial score (nSPS) is 11.2. The smallest absolute Gasteiger partial charge is 0.0677 e. The van der Waals surface area contributed by atoms with Gasteiger partial charge in [-0.2, -0.15) is 0 Å². The molecule has 0 aliphatic rings. The molecule has 0 aliphatic carbocycles. The predicted molar refractivity (Wildman–Crippen MR) is 79.2 cm³/mol. The Balaban J connectivity index is 2.72. The highest BCUT2D eigenvalue weighted by Crippen LogP contribution is 2.41. The maximum Gasteiger partial charge on any atom is 0.0677 e. The molecule has 84 valence electrons. The van der Waals surface area contributed by atoms with E-state index >= 15 is 0 Å². The molecule has 17 heavy (non-hydrogen) atoms. The minimum atomic E-state index is 0.613. The van der Waals surface area contributed by atoms with Crippen LogP contribution in [0.15, 0.2) is 46.9 Å². The third-order valence-electron chi connectivity index (χ3n) is 2.88. The first-order valence-electron chi connectivity index (χ1n) is 5.14. The van der Waals surface area contributed by atoms with Gasteiger partial charge in [-0.15, -0.1) is 0 Å². The molecule has 0 nitrogen and oxygen atoms in total. The minimum Gasteiger partial charge on any atom is -0.0820 e. The Bertz CT molecular complexity index is 735. The lowest BCUT2D eigenvalue weighted by molar-refractivity contribution is 1.73. The van der Waals surface area contributed by atoms with Crippen molar-refractivity contribution in [1.29, 1.82) is 0 Å². The second-order valence-electron chi connectivity index (χ2n) is 3.84. The van der Waals surface area contributed by atoms with Gasteiger partial charge in [0.2, 0.25) is 0 Å².